The number of aromatic amines is 1. The van der Waals surface area contributed by atoms with Gasteiger partial charge in [0.15, 0.2) is 11.4 Å². The fourth-order valence-corrected chi connectivity index (χ4v) is 1.96. The fraction of sp³-hybridized carbons (Fsp3) is 0.167. The van der Waals surface area contributed by atoms with Gasteiger partial charge in [0.05, 0.1) is 0 Å². The van der Waals surface area contributed by atoms with Gasteiger partial charge >= 0.3 is 0 Å². The number of halogens is 1. The highest BCUT2D eigenvalue weighted by molar-refractivity contribution is 5.78. The predicted octanol–water partition coefficient (Wildman–Crippen LogP) is 2.00. The van der Waals surface area contributed by atoms with Crippen LogP contribution in [0.1, 0.15) is 17.6 Å². The van der Waals surface area contributed by atoms with Crippen molar-refractivity contribution in [2.75, 3.05) is 7.05 Å². The molecule has 0 bridgehead atoms. The fourth-order valence-electron chi connectivity index (χ4n) is 1.96. The van der Waals surface area contributed by atoms with Gasteiger partial charge in [0.2, 0.25) is 0 Å². The summed E-state index contributed by atoms with van der Waals surface area (Å²) in [4.78, 5) is 4.07. The summed E-state index contributed by atoms with van der Waals surface area (Å²) in [5.41, 5.74) is 0.257. The zero-order chi connectivity index (χ0) is 12.5. The van der Waals surface area contributed by atoms with Crippen molar-refractivity contribution in [3.05, 3.63) is 48.0 Å². The molecule has 1 unspecified atom stereocenters. The van der Waals surface area contributed by atoms with E-state index >= 15 is 0 Å². The van der Waals surface area contributed by atoms with Gasteiger partial charge in [-0.05, 0) is 19.2 Å². The molecule has 2 N–H and O–H groups in total. The van der Waals surface area contributed by atoms with Crippen LogP contribution in [-0.4, -0.2) is 22.2 Å². The van der Waals surface area contributed by atoms with Crippen molar-refractivity contribution in [2.24, 2.45) is 0 Å². The molecule has 0 saturated carbocycles. The Bertz CT molecular complexity index is 662. The topological polar surface area (TPSA) is 66.7 Å². The molecule has 0 amide bonds. The number of aromatic nitrogens is 3. The lowest BCUT2D eigenvalue weighted by atomic mass is 10.2. The summed E-state index contributed by atoms with van der Waals surface area (Å²) < 4.78 is 19.1. The molecule has 18 heavy (non-hydrogen) atoms. The monoisotopic (exact) mass is 246 g/mol. The van der Waals surface area contributed by atoms with E-state index in [1.165, 1.54) is 12.4 Å². The molecule has 5 nitrogen and oxygen atoms in total. The number of rotatable bonds is 3. The Kier molecular flexibility index (Phi) is 2.56. The standard InChI is InChI=1S/C12H11FN4O/c1-14-10(12-15-6-16-17-12)9-5-7-3-2-4-8(13)11(7)18-9/h2-6,10,14H,1H3,(H,15,16,17). The lowest BCUT2D eigenvalue weighted by Gasteiger charge is -2.09. The van der Waals surface area contributed by atoms with Crippen LogP contribution in [0.25, 0.3) is 11.0 Å². The molecular weight excluding hydrogens is 235 g/mol. The third-order valence-electron chi connectivity index (χ3n) is 2.80. The molecule has 0 aliphatic carbocycles. The Hall–Kier alpha value is -2.21. The van der Waals surface area contributed by atoms with Crippen LogP contribution >= 0.6 is 0 Å². The Balaban J connectivity index is 2.11. The summed E-state index contributed by atoms with van der Waals surface area (Å²) in [6, 6.07) is 6.35. The molecule has 1 aromatic carbocycles. The van der Waals surface area contributed by atoms with Crippen LogP contribution in [0, 0.1) is 5.82 Å². The number of furan rings is 1. The molecule has 2 aromatic heterocycles. The van der Waals surface area contributed by atoms with E-state index in [1.807, 2.05) is 0 Å². The maximum Gasteiger partial charge on any atom is 0.169 e. The predicted molar refractivity (Wildman–Crippen MR) is 63.5 cm³/mol. The van der Waals surface area contributed by atoms with Crippen molar-refractivity contribution < 1.29 is 8.81 Å². The molecular formula is C12H11FN4O. The quantitative estimate of drug-likeness (QED) is 0.741. The van der Waals surface area contributed by atoms with E-state index < -0.39 is 0 Å². The van der Waals surface area contributed by atoms with E-state index in [0.717, 1.165) is 5.39 Å². The number of nitrogens with one attached hydrogen (secondary N) is 2. The van der Waals surface area contributed by atoms with Crippen molar-refractivity contribution in [1.29, 1.82) is 0 Å². The third-order valence-corrected chi connectivity index (χ3v) is 2.80. The first-order valence-corrected chi connectivity index (χ1v) is 5.50. The van der Waals surface area contributed by atoms with E-state index in [-0.39, 0.29) is 17.4 Å². The number of H-pyrrole nitrogens is 1. The minimum absolute atomic E-state index is 0.257. The summed E-state index contributed by atoms with van der Waals surface area (Å²) in [7, 11) is 1.77. The number of nitrogens with zero attached hydrogens (tertiary/aromatic N) is 2. The van der Waals surface area contributed by atoms with Gasteiger partial charge in [-0.15, -0.1) is 0 Å². The molecule has 3 rings (SSSR count). The summed E-state index contributed by atoms with van der Waals surface area (Å²) in [5, 5.41) is 10.3. The highest BCUT2D eigenvalue weighted by Gasteiger charge is 2.20. The molecule has 3 aromatic rings. The van der Waals surface area contributed by atoms with Crippen LogP contribution in [0.5, 0.6) is 0 Å². The molecule has 0 radical (unpaired) electrons. The number of hydrogen-bond donors (Lipinski definition) is 2. The number of benzene rings is 1. The molecule has 92 valence electrons. The van der Waals surface area contributed by atoms with E-state index in [0.29, 0.717) is 11.6 Å². The van der Waals surface area contributed by atoms with Gasteiger partial charge in [-0.3, -0.25) is 5.10 Å². The Morgan fingerprint density at radius 1 is 1.44 bits per heavy atom. The summed E-state index contributed by atoms with van der Waals surface area (Å²) in [6.07, 6.45) is 1.42. The first kappa shape index (κ1) is 10.9. The molecule has 0 saturated heterocycles. The van der Waals surface area contributed by atoms with E-state index in [4.69, 9.17) is 4.42 Å². The zero-order valence-electron chi connectivity index (χ0n) is 9.64. The largest absolute Gasteiger partial charge is 0.456 e. The van der Waals surface area contributed by atoms with Crippen LogP contribution in [0.3, 0.4) is 0 Å². The molecule has 0 aliphatic heterocycles. The molecule has 0 spiro atoms. The normalized spacial score (nSPS) is 13.0. The SMILES string of the molecule is CNC(c1ncn[nH]1)c1cc2cccc(F)c2o1. The highest BCUT2D eigenvalue weighted by Crippen LogP contribution is 2.27. The van der Waals surface area contributed by atoms with Crippen LogP contribution in [0.15, 0.2) is 35.0 Å². The third kappa shape index (κ3) is 1.67. The van der Waals surface area contributed by atoms with Crippen molar-refractivity contribution >= 4 is 11.0 Å². The van der Waals surface area contributed by atoms with E-state index in [2.05, 4.69) is 20.5 Å². The Morgan fingerprint density at radius 3 is 3.00 bits per heavy atom. The summed E-state index contributed by atoms with van der Waals surface area (Å²) in [5.74, 6) is 0.845. The summed E-state index contributed by atoms with van der Waals surface area (Å²) in [6.45, 7) is 0. The lowest BCUT2D eigenvalue weighted by molar-refractivity contribution is 0.467. The van der Waals surface area contributed by atoms with Gasteiger partial charge in [-0.25, -0.2) is 9.37 Å². The van der Waals surface area contributed by atoms with Crippen LogP contribution in [-0.2, 0) is 0 Å². The average Bonchev–Trinajstić information content (AvgIpc) is 3.00. The lowest BCUT2D eigenvalue weighted by Crippen LogP contribution is -2.18. The van der Waals surface area contributed by atoms with Gasteiger partial charge in [0.1, 0.15) is 24.0 Å². The van der Waals surface area contributed by atoms with Crippen LogP contribution < -0.4 is 5.32 Å². The maximum absolute atomic E-state index is 13.6. The minimum atomic E-state index is -0.369. The van der Waals surface area contributed by atoms with Gasteiger partial charge in [0, 0.05) is 5.39 Å². The molecule has 6 heteroatoms. The van der Waals surface area contributed by atoms with Gasteiger partial charge in [-0.2, -0.15) is 5.10 Å². The van der Waals surface area contributed by atoms with Gasteiger partial charge in [-0.1, -0.05) is 12.1 Å². The Morgan fingerprint density at radius 2 is 2.33 bits per heavy atom. The highest BCUT2D eigenvalue weighted by atomic mass is 19.1. The molecule has 0 fully saturated rings. The number of fused-ring (bicyclic) bond motifs is 1. The second-order valence-electron chi connectivity index (χ2n) is 3.90. The number of para-hydroxylation sites is 1. The van der Waals surface area contributed by atoms with E-state index in [9.17, 15) is 4.39 Å². The second kappa shape index (κ2) is 4.23. The minimum Gasteiger partial charge on any atom is -0.456 e. The molecule has 1 atom stereocenters. The Labute approximate surface area is 102 Å². The van der Waals surface area contributed by atoms with Crippen molar-refractivity contribution in [1.82, 2.24) is 20.5 Å². The van der Waals surface area contributed by atoms with Gasteiger partial charge < -0.3 is 9.73 Å². The first-order valence-electron chi connectivity index (χ1n) is 5.50. The first-order chi connectivity index (χ1) is 8.79. The van der Waals surface area contributed by atoms with Crippen LogP contribution in [0.2, 0.25) is 0 Å². The second-order valence-corrected chi connectivity index (χ2v) is 3.90. The average molecular weight is 246 g/mol. The molecule has 0 aliphatic rings. The van der Waals surface area contributed by atoms with Gasteiger partial charge in [0.25, 0.3) is 0 Å². The van der Waals surface area contributed by atoms with Crippen molar-refractivity contribution in [3.63, 3.8) is 0 Å². The van der Waals surface area contributed by atoms with Crippen LogP contribution in [0.4, 0.5) is 4.39 Å². The molecule has 2 heterocycles. The number of hydrogen-bond acceptors (Lipinski definition) is 4. The zero-order valence-corrected chi connectivity index (χ0v) is 9.64. The van der Waals surface area contributed by atoms with E-state index in [1.54, 1.807) is 25.2 Å². The smallest absolute Gasteiger partial charge is 0.169 e. The maximum atomic E-state index is 13.6. The summed E-state index contributed by atoms with van der Waals surface area (Å²) >= 11 is 0. The van der Waals surface area contributed by atoms with Crippen molar-refractivity contribution in [3.8, 4) is 0 Å². The van der Waals surface area contributed by atoms with Crippen molar-refractivity contribution in [2.45, 2.75) is 6.04 Å².